The Labute approximate surface area is 74.0 Å². The Morgan fingerprint density at radius 3 is 2.85 bits per heavy atom. The minimum Gasteiger partial charge on any atom is -0.343 e. The molecule has 70 valence electrons. The fourth-order valence-electron chi connectivity index (χ4n) is 0.759. The van der Waals surface area contributed by atoms with Crippen LogP contribution < -0.4 is 0 Å². The van der Waals surface area contributed by atoms with Gasteiger partial charge in [0.2, 0.25) is 0 Å². The average molecular weight is 185 g/mol. The van der Waals surface area contributed by atoms with E-state index >= 15 is 0 Å². The van der Waals surface area contributed by atoms with Gasteiger partial charge in [0.15, 0.2) is 0 Å². The number of nitrogens with one attached hydrogen (secondary N) is 2. The van der Waals surface area contributed by atoms with E-state index in [1.165, 1.54) is 6.08 Å². The summed E-state index contributed by atoms with van der Waals surface area (Å²) in [4.78, 5) is 6.69. The molecule has 0 amide bonds. The summed E-state index contributed by atoms with van der Waals surface area (Å²) >= 11 is 0. The number of alkyl halides is 2. The molecule has 1 rings (SSSR count). The molecular weight excluding hydrogens is 176 g/mol. The zero-order valence-electron chi connectivity index (χ0n) is 7.01. The van der Waals surface area contributed by atoms with Crippen molar-refractivity contribution in [3.63, 3.8) is 0 Å². The van der Waals surface area contributed by atoms with E-state index in [9.17, 15) is 8.78 Å². The second kappa shape index (κ2) is 3.93. The average Bonchev–Trinajstić information content (AvgIpc) is 2.47. The van der Waals surface area contributed by atoms with Crippen molar-refractivity contribution in [1.29, 1.82) is 5.41 Å². The van der Waals surface area contributed by atoms with Gasteiger partial charge in [0, 0.05) is 11.9 Å². The maximum Gasteiger partial charge on any atom is 0.279 e. The van der Waals surface area contributed by atoms with Crippen LogP contribution in [-0.4, -0.2) is 22.1 Å². The first kappa shape index (κ1) is 9.57. The minimum absolute atomic E-state index is 0.475. The van der Waals surface area contributed by atoms with Gasteiger partial charge < -0.3 is 4.98 Å². The molecule has 0 saturated carbocycles. The zero-order chi connectivity index (χ0) is 9.84. The van der Waals surface area contributed by atoms with E-state index in [2.05, 4.69) is 9.97 Å². The highest BCUT2D eigenvalue weighted by Crippen LogP contribution is 2.00. The number of allylic oxidation sites excluding steroid dienone is 1. The summed E-state index contributed by atoms with van der Waals surface area (Å²) in [5.74, 6) is 0.475. The summed E-state index contributed by atoms with van der Waals surface area (Å²) in [6, 6.07) is 0. The van der Waals surface area contributed by atoms with Crippen LogP contribution in [0.2, 0.25) is 0 Å². The Morgan fingerprint density at radius 1 is 1.69 bits per heavy atom. The van der Waals surface area contributed by atoms with E-state index in [1.807, 2.05) is 6.92 Å². The number of rotatable bonds is 3. The van der Waals surface area contributed by atoms with Crippen LogP contribution in [0.5, 0.6) is 0 Å². The number of halogens is 2. The second-order valence-electron chi connectivity index (χ2n) is 2.54. The van der Waals surface area contributed by atoms with Crippen LogP contribution in [0.1, 0.15) is 11.5 Å². The van der Waals surface area contributed by atoms with Gasteiger partial charge in [0.1, 0.15) is 5.82 Å². The smallest absolute Gasteiger partial charge is 0.279 e. The van der Waals surface area contributed by atoms with Gasteiger partial charge >= 0.3 is 0 Å². The van der Waals surface area contributed by atoms with E-state index in [1.54, 1.807) is 6.20 Å². The SMILES string of the molecule is Cc1cnc(/C=C\C(=N)C(F)F)[nH]1. The van der Waals surface area contributed by atoms with Crippen LogP contribution in [0.3, 0.4) is 0 Å². The first-order valence-corrected chi connectivity index (χ1v) is 3.66. The maximum atomic E-state index is 11.8. The molecule has 0 atom stereocenters. The fraction of sp³-hybridized carbons (Fsp3) is 0.250. The molecule has 3 nitrogen and oxygen atoms in total. The summed E-state index contributed by atoms with van der Waals surface area (Å²) in [5.41, 5.74) is 0.136. The number of H-pyrrole nitrogens is 1. The Kier molecular flexibility index (Phi) is 2.89. The van der Waals surface area contributed by atoms with Gasteiger partial charge in [0.25, 0.3) is 6.43 Å². The molecule has 0 spiro atoms. The summed E-state index contributed by atoms with van der Waals surface area (Å²) in [6.07, 6.45) is 1.24. The topological polar surface area (TPSA) is 52.5 Å². The standard InChI is InChI=1S/C8H9F2N3/c1-5-4-12-7(13-5)3-2-6(11)8(9)10/h2-4,8,11H,1H3,(H,12,13)/b3-2-,11-6?. The quantitative estimate of drug-likeness (QED) is 0.695. The molecule has 1 heterocycles. The number of aromatic amines is 1. The molecule has 13 heavy (non-hydrogen) atoms. The van der Waals surface area contributed by atoms with E-state index in [4.69, 9.17) is 5.41 Å². The highest BCUT2D eigenvalue weighted by atomic mass is 19.3. The number of aryl methyl sites for hydroxylation is 1. The molecule has 5 heteroatoms. The summed E-state index contributed by atoms with van der Waals surface area (Å²) in [6.45, 7) is 1.81. The van der Waals surface area contributed by atoms with Gasteiger partial charge in [-0.2, -0.15) is 0 Å². The molecule has 0 radical (unpaired) electrons. The lowest BCUT2D eigenvalue weighted by molar-refractivity contribution is 0.226. The molecule has 0 bridgehead atoms. The largest absolute Gasteiger partial charge is 0.343 e. The minimum atomic E-state index is -2.73. The van der Waals surface area contributed by atoms with Crippen molar-refractivity contribution >= 4 is 11.8 Å². The van der Waals surface area contributed by atoms with Crippen LogP contribution >= 0.6 is 0 Å². The number of hydrogen-bond acceptors (Lipinski definition) is 2. The van der Waals surface area contributed by atoms with Crippen molar-refractivity contribution in [2.45, 2.75) is 13.3 Å². The van der Waals surface area contributed by atoms with Crippen LogP contribution in [0.15, 0.2) is 12.3 Å². The van der Waals surface area contributed by atoms with Crippen molar-refractivity contribution in [3.05, 3.63) is 23.8 Å². The number of imidazole rings is 1. The fourth-order valence-corrected chi connectivity index (χ4v) is 0.759. The molecule has 0 aromatic carbocycles. The highest BCUT2D eigenvalue weighted by molar-refractivity contribution is 5.97. The van der Waals surface area contributed by atoms with Crippen molar-refractivity contribution in [2.24, 2.45) is 0 Å². The molecule has 0 unspecified atom stereocenters. The van der Waals surface area contributed by atoms with Gasteiger partial charge in [-0.15, -0.1) is 0 Å². The lowest BCUT2D eigenvalue weighted by Gasteiger charge is -1.92. The Hall–Kier alpha value is -1.52. The predicted octanol–water partition coefficient (Wildman–Crippen LogP) is 2.02. The Balaban J connectivity index is 2.64. The van der Waals surface area contributed by atoms with E-state index in [0.29, 0.717) is 5.82 Å². The number of nitrogens with zero attached hydrogens (tertiary/aromatic N) is 1. The first-order chi connectivity index (χ1) is 6.09. The summed E-state index contributed by atoms with van der Waals surface area (Å²) in [5, 5.41) is 6.82. The Morgan fingerprint density at radius 2 is 2.38 bits per heavy atom. The van der Waals surface area contributed by atoms with Crippen LogP contribution in [0.25, 0.3) is 6.08 Å². The molecular formula is C8H9F2N3. The predicted molar refractivity (Wildman–Crippen MR) is 46.1 cm³/mol. The third kappa shape index (κ3) is 2.77. The third-order valence-corrected chi connectivity index (χ3v) is 1.38. The zero-order valence-corrected chi connectivity index (χ0v) is 7.01. The van der Waals surface area contributed by atoms with E-state index in [-0.39, 0.29) is 0 Å². The highest BCUT2D eigenvalue weighted by Gasteiger charge is 2.05. The van der Waals surface area contributed by atoms with Crippen molar-refractivity contribution in [2.75, 3.05) is 0 Å². The van der Waals surface area contributed by atoms with E-state index in [0.717, 1.165) is 11.8 Å². The third-order valence-electron chi connectivity index (χ3n) is 1.38. The van der Waals surface area contributed by atoms with Crippen molar-refractivity contribution in [1.82, 2.24) is 9.97 Å². The van der Waals surface area contributed by atoms with Gasteiger partial charge in [-0.05, 0) is 19.1 Å². The van der Waals surface area contributed by atoms with Gasteiger partial charge in [-0.3, -0.25) is 5.41 Å². The number of aromatic nitrogens is 2. The van der Waals surface area contributed by atoms with Gasteiger partial charge in [0.05, 0.1) is 5.71 Å². The van der Waals surface area contributed by atoms with Crippen molar-refractivity contribution < 1.29 is 8.78 Å². The Bertz CT molecular complexity index is 328. The molecule has 1 aromatic heterocycles. The molecule has 1 aromatic rings. The molecule has 0 aliphatic carbocycles. The van der Waals surface area contributed by atoms with E-state index < -0.39 is 12.1 Å². The summed E-state index contributed by atoms with van der Waals surface area (Å²) < 4.78 is 23.7. The molecule has 0 aliphatic rings. The normalized spacial score (nSPS) is 11.4. The van der Waals surface area contributed by atoms with Gasteiger partial charge in [-0.25, -0.2) is 13.8 Å². The monoisotopic (exact) mass is 185 g/mol. The summed E-state index contributed by atoms with van der Waals surface area (Å²) in [7, 11) is 0. The first-order valence-electron chi connectivity index (χ1n) is 3.66. The molecule has 0 aliphatic heterocycles. The number of hydrogen-bond donors (Lipinski definition) is 2. The lowest BCUT2D eigenvalue weighted by atomic mass is 10.3. The lowest BCUT2D eigenvalue weighted by Crippen LogP contribution is -2.03. The van der Waals surface area contributed by atoms with Crippen molar-refractivity contribution in [3.8, 4) is 0 Å². The van der Waals surface area contributed by atoms with Crippen LogP contribution in [0, 0.1) is 12.3 Å². The van der Waals surface area contributed by atoms with Crippen LogP contribution in [-0.2, 0) is 0 Å². The molecule has 2 N–H and O–H groups in total. The molecule has 0 saturated heterocycles. The van der Waals surface area contributed by atoms with Gasteiger partial charge in [-0.1, -0.05) is 0 Å². The molecule has 0 fully saturated rings. The maximum absolute atomic E-state index is 11.8. The second-order valence-corrected chi connectivity index (χ2v) is 2.54. The van der Waals surface area contributed by atoms with Crippen LogP contribution in [0.4, 0.5) is 8.78 Å².